The third kappa shape index (κ3) is 37.5. The zero-order valence-corrected chi connectivity index (χ0v) is 36.4. The van der Waals surface area contributed by atoms with Crippen LogP contribution in [0, 0.1) is 0 Å². The van der Waals surface area contributed by atoms with Gasteiger partial charge in [-0.3, -0.25) is 9.59 Å². The van der Waals surface area contributed by atoms with Crippen LogP contribution in [-0.4, -0.2) is 46.9 Å². The molecule has 320 valence electrons. The number of rotatable bonds is 43. The molecule has 0 radical (unpaired) electrons. The van der Waals surface area contributed by atoms with Crippen molar-refractivity contribution in [2.45, 2.75) is 277 Å². The van der Waals surface area contributed by atoms with Crippen molar-refractivity contribution in [1.82, 2.24) is 5.32 Å². The van der Waals surface area contributed by atoms with E-state index in [1.807, 2.05) is 0 Å². The quantitative estimate of drug-likeness (QED) is 0.0326. The van der Waals surface area contributed by atoms with Gasteiger partial charge < -0.3 is 20.3 Å². The molecule has 0 aromatic heterocycles. The predicted molar refractivity (Wildman–Crippen MR) is 232 cm³/mol. The Labute approximate surface area is 336 Å². The monoisotopic (exact) mass is 764 g/mol. The minimum absolute atomic E-state index is 0.0808. The Morgan fingerprint density at radius 2 is 0.889 bits per heavy atom. The molecule has 0 saturated carbocycles. The molecular weight excluding hydrogens is 671 g/mol. The minimum atomic E-state index is -0.779. The molecule has 3 atom stereocenters. The van der Waals surface area contributed by atoms with Crippen LogP contribution >= 0.6 is 0 Å². The molecule has 0 aromatic rings. The fourth-order valence-corrected chi connectivity index (χ4v) is 7.43. The first-order valence-corrected chi connectivity index (χ1v) is 23.9. The van der Waals surface area contributed by atoms with E-state index in [0.717, 1.165) is 44.9 Å². The van der Waals surface area contributed by atoms with Crippen molar-refractivity contribution >= 4 is 11.9 Å². The summed E-state index contributed by atoms with van der Waals surface area (Å²) < 4.78 is 5.88. The van der Waals surface area contributed by atoms with Crippen LogP contribution in [-0.2, 0) is 14.3 Å². The van der Waals surface area contributed by atoms with E-state index in [9.17, 15) is 19.8 Å². The van der Waals surface area contributed by atoms with E-state index in [2.05, 4.69) is 38.2 Å². The number of hydrogen-bond donors (Lipinski definition) is 3. The molecule has 6 nitrogen and oxygen atoms in total. The number of esters is 1. The minimum Gasteiger partial charge on any atom is -0.462 e. The number of carbonyl (C=O) groups is 2. The van der Waals surface area contributed by atoms with Gasteiger partial charge in [0.05, 0.1) is 25.2 Å². The van der Waals surface area contributed by atoms with E-state index in [1.165, 1.54) is 167 Å². The van der Waals surface area contributed by atoms with Crippen molar-refractivity contribution in [2.75, 3.05) is 6.61 Å². The van der Waals surface area contributed by atoms with Gasteiger partial charge in [0.25, 0.3) is 0 Å². The summed E-state index contributed by atoms with van der Waals surface area (Å²) in [6.07, 6.45) is 45.7. The average Bonchev–Trinajstić information content (AvgIpc) is 3.16. The maximum absolute atomic E-state index is 13.1. The van der Waals surface area contributed by atoms with Gasteiger partial charge in [0, 0.05) is 6.42 Å². The first-order chi connectivity index (χ1) is 26.5. The summed E-state index contributed by atoms with van der Waals surface area (Å²) in [5.41, 5.74) is 0. The molecule has 3 unspecified atom stereocenters. The second kappa shape index (κ2) is 42.7. The molecule has 0 heterocycles. The summed E-state index contributed by atoms with van der Waals surface area (Å²) in [7, 11) is 0. The lowest BCUT2D eigenvalue weighted by molar-refractivity contribution is -0.151. The number of amides is 1. The second-order valence-corrected chi connectivity index (χ2v) is 16.5. The van der Waals surface area contributed by atoms with Crippen molar-refractivity contribution in [3.63, 3.8) is 0 Å². The van der Waals surface area contributed by atoms with Gasteiger partial charge in [-0.05, 0) is 51.4 Å². The zero-order chi connectivity index (χ0) is 39.6. The van der Waals surface area contributed by atoms with E-state index in [4.69, 9.17) is 4.74 Å². The largest absolute Gasteiger partial charge is 0.462 e. The molecule has 0 bridgehead atoms. The Hall–Kier alpha value is -1.40. The van der Waals surface area contributed by atoms with Crippen molar-refractivity contribution in [3.05, 3.63) is 12.2 Å². The van der Waals surface area contributed by atoms with Crippen LogP contribution in [0.3, 0.4) is 0 Å². The summed E-state index contributed by atoms with van der Waals surface area (Å²) in [6, 6.07) is -0.693. The maximum atomic E-state index is 13.1. The summed E-state index contributed by atoms with van der Waals surface area (Å²) in [6.45, 7) is 6.44. The lowest BCUT2D eigenvalue weighted by atomic mass is 10.0. The normalized spacial score (nSPS) is 13.4. The molecule has 0 fully saturated rings. The van der Waals surface area contributed by atoms with Crippen LogP contribution < -0.4 is 5.32 Å². The van der Waals surface area contributed by atoms with Gasteiger partial charge in [-0.1, -0.05) is 206 Å². The van der Waals surface area contributed by atoms with Crippen molar-refractivity contribution < 1.29 is 24.5 Å². The lowest BCUT2D eigenvalue weighted by Crippen LogP contribution is -2.46. The first-order valence-electron chi connectivity index (χ1n) is 23.9. The van der Waals surface area contributed by atoms with E-state index >= 15 is 0 Å². The zero-order valence-electron chi connectivity index (χ0n) is 36.4. The van der Waals surface area contributed by atoms with E-state index in [0.29, 0.717) is 19.3 Å². The van der Waals surface area contributed by atoms with Crippen LogP contribution in [0.4, 0.5) is 0 Å². The highest BCUT2D eigenvalue weighted by molar-refractivity contribution is 5.77. The van der Waals surface area contributed by atoms with Gasteiger partial charge >= 0.3 is 5.97 Å². The second-order valence-electron chi connectivity index (χ2n) is 16.5. The average molecular weight is 764 g/mol. The summed E-state index contributed by atoms with van der Waals surface area (Å²) in [5, 5.41) is 23.6. The third-order valence-electron chi connectivity index (χ3n) is 11.1. The molecule has 0 aliphatic heterocycles. The van der Waals surface area contributed by atoms with Crippen LogP contribution in [0.2, 0.25) is 0 Å². The molecule has 1 amide bonds. The lowest BCUT2D eigenvalue weighted by Gasteiger charge is -2.24. The fourth-order valence-electron chi connectivity index (χ4n) is 7.43. The van der Waals surface area contributed by atoms with Gasteiger partial charge in [0.2, 0.25) is 5.91 Å². The molecule has 3 N–H and O–H groups in total. The number of allylic oxidation sites excluding steroid dienone is 2. The molecular formula is C48H93NO5. The summed E-state index contributed by atoms with van der Waals surface area (Å²) in [4.78, 5) is 25.9. The molecule has 0 spiro atoms. The van der Waals surface area contributed by atoms with Gasteiger partial charge in [0.15, 0.2) is 0 Å². The highest BCUT2D eigenvalue weighted by atomic mass is 16.5. The Morgan fingerprint density at radius 3 is 1.31 bits per heavy atom. The molecule has 6 heteroatoms. The number of unbranched alkanes of at least 4 members (excludes halogenated alkanes) is 29. The molecule has 0 saturated heterocycles. The number of nitrogens with one attached hydrogen (secondary N) is 1. The smallest absolute Gasteiger partial charge is 0.306 e. The number of ether oxygens (including phenoxy) is 1. The molecule has 0 aromatic carbocycles. The Kier molecular flexibility index (Phi) is 41.6. The summed E-state index contributed by atoms with van der Waals surface area (Å²) in [5.74, 6) is -0.472. The van der Waals surface area contributed by atoms with E-state index in [-0.39, 0.29) is 24.9 Å². The van der Waals surface area contributed by atoms with E-state index in [1.54, 1.807) is 0 Å². The standard InChI is InChI=1S/C48H93NO5/c1-4-7-10-13-16-18-20-21-22-23-24-25-27-29-32-35-38-41-48(53)54-44(39-36-33-30-15-12-9-6-3)42-47(52)49-45(43-50)46(51)40-37-34-31-28-26-19-17-14-11-8-5-2/h21-22,44-46,50-51H,4-20,23-43H2,1-3H3,(H,49,52)/b22-21+. The maximum Gasteiger partial charge on any atom is 0.306 e. The predicted octanol–water partition coefficient (Wildman–Crippen LogP) is 13.8. The van der Waals surface area contributed by atoms with Gasteiger partial charge in [-0.15, -0.1) is 0 Å². The Morgan fingerprint density at radius 1 is 0.519 bits per heavy atom. The highest BCUT2D eigenvalue weighted by Crippen LogP contribution is 2.18. The van der Waals surface area contributed by atoms with Crippen molar-refractivity contribution in [1.29, 1.82) is 0 Å². The number of hydrogen-bond acceptors (Lipinski definition) is 5. The molecule has 54 heavy (non-hydrogen) atoms. The van der Waals surface area contributed by atoms with Crippen LogP contribution in [0.1, 0.15) is 258 Å². The van der Waals surface area contributed by atoms with Crippen LogP contribution in [0.25, 0.3) is 0 Å². The topological polar surface area (TPSA) is 95.9 Å². The Bertz CT molecular complexity index is 817. The highest BCUT2D eigenvalue weighted by Gasteiger charge is 2.24. The van der Waals surface area contributed by atoms with Crippen molar-refractivity contribution in [3.8, 4) is 0 Å². The number of carbonyl (C=O) groups excluding carboxylic acids is 2. The Balaban J connectivity index is 4.37. The van der Waals surface area contributed by atoms with Crippen LogP contribution in [0.15, 0.2) is 12.2 Å². The van der Waals surface area contributed by atoms with E-state index < -0.39 is 18.2 Å². The molecule has 0 aliphatic carbocycles. The van der Waals surface area contributed by atoms with Crippen LogP contribution in [0.5, 0.6) is 0 Å². The van der Waals surface area contributed by atoms with Gasteiger partial charge in [-0.25, -0.2) is 0 Å². The third-order valence-corrected chi connectivity index (χ3v) is 11.1. The van der Waals surface area contributed by atoms with Gasteiger partial charge in [-0.2, -0.15) is 0 Å². The number of aliphatic hydroxyl groups excluding tert-OH is 2. The SMILES string of the molecule is CCCCCCCC/C=C/CCCCCCCCCC(=O)OC(CCCCCCCCC)CC(=O)NC(CO)C(O)CCCCCCCCCCCCC. The number of aliphatic hydroxyl groups is 2. The first kappa shape index (κ1) is 52.6. The van der Waals surface area contributed by atoms with Crippen molar-refractivity contribution in [2.24, 2.45) is 0 Å². The summed E-state index contributed by atoms with van der Waals surface area (Å²) >= 11 is 0. The van der Waals surface area contributed by atoms with Gasteiger partial charge in [0.1, 0.15) is 6.10 Å². The molecule has 0 rings (SSSR count). The fraction of sp³-hybridized carbons (Fsp3) is 0.917. The molecule has 0 aliphatic rings.